The van der Waals surface area contributed by atoms with Crippen LogP contribution >= 0.6 is 0 Å². The molecule has 2 aromatic rings. The third-order valence-electron chi connectivity index (χ3n) is 4.62. The Kier molecular flexibility index (Phi) is 9.09. The van der Waals surface area contributed by atoms with E-state index in [0.29, 0.717) is 11.1 Å². The molecule has 0 amide bonds. The number of carbonyl (C=O) groups excluding carboxylic acids is 2. The number of primary sulfonamides is 1. The average Bonchev–Trinajstić information content (AvgIpc) is 2.72. The Balaban J connectivity index is 0.00000544. The number of sulfonamides is 1. The quantitative estimate of drug-likeness (QED) is 0.215. The highest BCUT2D eigenvalue weighted by molar-refractivity contribution is 7.89. The number of nitrogens with two attached hydrogens (primary N) is 1. The van der Waals surface area contributed by atoms with Crippen molar-refractivity contribution < 1.29 is 40.5 Å². The molecule has 2 rings (SSSR count). The summed E-state index contributed by atoms with van der Waals surface area (Å²) >= 11 is 0. The van der Waals surface area contributed by atoms with E-state index in [-0.39, 0.29) is 29.6 Å². The second kappa shape index (κ2) is 10.7. The second-order valence-corrected chi connectivity index (χ2v) is 9.60. The number of esters is 2. The minimum atomic E-state index is -4.46. The van der Waals surface area contributed by atoms with Crippen LogP contribution in [0.5, 0.6) is 0 Å². The maximum absolute atomic E-state index is 12.8. The topological polar surface area (TPSA) is 214 Å². The molecule has 2 aromatic carbocycles. The van der Waals surface area contributed by atoms with Crippen molar-refractivity contribution in [2.75, 3.05) is 18.9 Å². The Morgan fingerprint density at radius 1 is 0.879 bits per heavy atom. The molecule has 0 bridgehead atoms. The predicted molar refractivity (Wildman–Crippen MR) is 118 cm³/mol. The third kappa shape index (κ3) is 7.23. The van der Waals surface area contributed by atoms with Crippen LogP contribution in [-0.2, 0) is 52.2 Å². The Morgan fingerprint density at radius 2 is 1.27 bits per heavy atom. The van der Waals surface area contributed by atoms with Crippen molar-refractivity contribution >= 4 is 38.0 Å². The normalized spacial score (nSPS) is 11.8. The van der Waals surface area contributed by atoms with Gasteiger partial charge in [0.15, 0.2) is 5.41 Å². The standard InChI is InChI=1S/C19H22N2O9S2.H3N/c1-29-17(22)19(18(23)30-2,12-14-5-9-16(10-6-14)31(20,24)25)11-13-3-7-15(8-4-13)21-32(26,27)28;/h3-10,21H,11-12H2,1-2H3,(H2,20,24,25)(H,26,27,28);1H3. The number of methoxy groups -OCH3 is 2. The summed E-state index contributed by atoms with van der Waals surface area (Å²) in [6.07, 6.45) is -0.349. The lowest BCUT2D eigenvalue weighted by atomic mass is 9.76. The lowest BCUT2D eigenvalue weighted by Gasteiger charge is -2.28. The molecule has 12 nitrogen and oxygen atoms in total. The molecule has 0 unspecified atom stereocenters. The predicted octanol–water partition coefficient (Wildman–Crippen LogP) is 0.828. The first kappa shape index (κ1) is 28.0. The summed E-state index contributed by atoms with van der Waals surface area (Å²) in [6, 6.07) is 10.9. The molecular weight excluding hydrogens is 478 g/mol. The molecule has 0 aromatic heterocycles. The van der Waals surface area contributed by atoms with Gasteiger partial charge in [0.05, 0.1) is 24.8 Å². The van der Waals surface area contributed by atoms with Crippen molar-refractivity contribution in [3.63, 3.8) is 0 Å². The van der Waals surface area contributed by atoms with Gasteiger partial charge in [0.1, 0.15) is 0 Å². The third-order valence-corrected chi connectivity index (χ3v) is 6.04. The van der Waals surface area contributed by atoms with E-state index < -0.39 is 37.7 Å². The molecule has 0 aliphatic carbocycles. The Bertz CT molecular complexity index is 1180. The van der Waals surface area contributed by atoms with E-state index in [9.17, 15) is 26.4 Å². The number of hydrogen-bond acceptors (Lipinski definition) is 9. The first-order chi connectivity index (χ1) is 14.8. The van der Waals surface area contributed by atoms with Crippen molar-refractivity contribution in [2.24, 2.45) is 10.6 Å². The number of benzene rings is 2. The number of hydrogen-bond donors (Lipinski definition) is 4. The molecule has 0 heterocycles. The molecule has 0 atom stereocenters. The molecule has 33 heavy (non-hydrogen) atoms. The van der Waals surface area contributed by atoms with Gasteiger partial charge in [-0.05, 0) is 48.2 Å². The fourth-order valence-corrected chi connectivity index (χ4v) is 4.11. The van der Waals surface area contributed by atoms with Crippen molar-refractivity contribution in [1.82, 2.24) is 6.15 Å². The highest BCUT2D eigenvalue weighted by Gasteiger charge is 2.48. The molecule has 0 aliphatic heterocycles. The zero-order valence-electron chi connectivity index (χ0n) is 17.8. The van der Waals surface area contributed by atoms with Crippen molar-refractivity contribution in [3.05, 3.63) is 59.7 Å². The van der Waals surface area contributed by atoms with Crippen LogP contribution in [0.2, 0.25) is 0 Å². The molecule has 0 saturated heterocycles. The van der Waals surface area contributed by atoms with Gasteiger partial charge in [-0.15, -0.1) is 0 Å². The van der Waals surface area contributed by atoms with E-state index in [0.717, 1.165) is 14.2 Å². The average molecular weight is 504 g/mol. The van der Waals surface area contributed by atoms with Gasteiger partial charge in [-0.1, -0.05) is 24.3 Å². The van der Waals surface area contributed by atoms with Crippen LogP contribution in [0.4, 0.5) is 5.69 Å². The summed E-state index contributed by atoms with van der Waals surface area (Å²) in [7, 11) is -6.16. The molecule has 0 saturated carbocycles. The first-order valence-electron chi connectivity index (χ1n) is 8.93. The van der Waals surface area contributed by atoms with Crippen LogP contribution in [0.15, 0.2) is 53.4 Å². The molecule has 0 aliphatic rings. The number of rotatable bonds is 9. The highest BCUT2D eigenvalue weighted by Crippen LogP contribution is 2.32. The highest BCUT2D eigenvalue weighted by atomic mass is 32.2. The number of anilines is 1. The lowest BCUT2D eigenvalue weighted by molar-refractivity contribution is -0.169. The minimum Gasteiger partial charge on any atom is -0.468 e. The SMILES string of the molecule is COC(=O)C(Cc1ccc(NS(=O)(=O)O)cc1)(Cc1ccc(S(N)(=O)=O)cc1)C(=O)OC.N. The Morgan fingerprint density at radius 3 is 1.61 bits per heavy atom. The van der Waals surface area contributed by atoms with Gasteiger partial charge in [0, 0.05) is 0 Å². The van der Waals surface area contributed by atoms with Crippen molar-refractivity contribution in [3.8, 4) is 0 Å². The second-order valence-electron chi connectivity index (χ2n) is 6.88. The zero-order valence-corrected chi connectivity index (χ0v) is 19.5. The fourth-order valence-electron chi connectivity index (χ4n) is 3.16. The number of nitrogens with one attached hydrogen (secondary N) is 1. The Labute approximate surface area is 191 Å². The van der Waals surface area contributed by atoms with Gasteiger partial charge in [0.25, 0.3) is 0 Å². The first-order valence-corrected chi connectivity index (χ1v) is 11.9. The van der Waals surface area contributed by atoms with E-state index in [1.807, 2.05) is 4.72 Å². The molecule has 0 radical (unpaired) electrons. The number of ether oxygens (including phenoxy) is 2. The molecule has 0 fully saturated rings. The van der Waals surface area contributed by atoms with Crippen LogP contribution in [0.25, 0.3) is 0 Å². The summed E-state index contributed by atoms with van der Waals surface area (Å²) in [4.78, 5) is 25.4. The minimum absolute atomic E-state index is 0. The van der Waals surface area contributed by atoms with Gasteiger partial charge in [-0.2, -0.15) is 8.42 Å². The van der Waals surface area contributed by atoms with Gasteiger partial charge >= 0.3 is 22.2 Å². The van der Waals surface area contributed by atoms with E-state index in [4.69, 9.17) is 19.2 Å². The maximum Gasteiger partial charge on any atom is 0.357 e. The molecular formula is C19H25N3O9S2. The van der Waals surface area contributed by atoms with Crippen LogP contribution in [-0.4, -0.2) is 47.5 Å². The van der Waals surface area contributed by atoms with Gasteiger partial charge in [-0.25, -0.2) is 13.6 Å². The monoisotopic (exact) mass is 503 g/mol. The van der Waals surface area contributed by atoms with Gasteiger partial charge in [0.2, 0.25) is 10.0 Å². The smallest absolute Gasteiger partial charge is 0.357 e. The molecule has 14 heteroatoms. The van der Waals surface area contributed by atoms with Crippen LogP contribution in [0.3, 0.4) is 0 Å². The largest absolute Gasteiger partial charge is 0.468 e. The van der Waals surface area contributed by atoms with Crippen molar-refractivity contribution in [1.29, 1.82) is 0 Å². The number of carbonyl (C=O) groups is 2. The van der Waals surface area contributed by atoms with E-state index in [1.165, 1.54) is 48.5 Å². The van der Waals surface area contributed by atoms with Gasteiger partial charge < -0.3 is 15.6 Å². The van der Waals surface area contributed by atoms with E-state index in [1.54, 1.807) is 0 Å². The summed E-state index contributed by atoms with van der Waals surface area (Å²) in [6.45, 7) is 0. The molecule has 7 N–H and O–H groups in total. The zero-order chi connectivity index (χ0) is 24.2. The summed E-state index contributed by atoms with van der Waals surface area (Å²) < 4.78 is 65.3. The maximum atomic E-state index is 12.8. The van der Waals surface area contributed by atoms with E-state index >= 15 is 0 Å². The van der Waals surface area contributed by atoms with Crippen LogP contribution in [0.1, 0.15) is 11.1 Å². The molecule has 0 spiro atoms. The van der Waals surface area contributed by atoms with Gasteiger partial charge in [-0.3, -0.25) is 18.9 Å². The van der Waals surface area contributed by atoms with Crippen LogP contribution in [0, 0.1) is 5.41 Å². The van der Waals surface area contributed by atoms with Crippen molar-refractivity contribution in [2.45, 2.75) is 17.7 Å². The summed E-state index contributed by atoms with van der Waals surface area (Å²) in [5.74, 6) is -1.75. The summed E-state index contributed by atoms with van der Waals surface area (Å²) in [5.41, 5.74) is -0.845. The van der Waals surface area contributed by atoms with Crippen LogP contribution < -0.4 is 16.0 Å². The lowest BCUT2D eigenvalue weighted by Crippen LogP contribution is -2.45. The molecule has 182 valence electrons. The van der Waals surface area contributed by atoms with E-state index in [2.05, 4.69) is 0 Å². The fraction of sp³-hybridized carbons (Fsp3) is 0.263. The Hall–Kier alpha value is -3.04. The summed E-state index contributed by atoms with van der Waals surface area (Å²) in [5, 5.41) is 5.09.